The molecule has 1 heterocycles. The molecular weight excluding hydrogens is 367 g/mol. The van der Waals surface area contributed by atoms with Crippen molar-refractivity contribution in [1.29, 1.82) is 0 Å². The molecule has 0 amide bonds. The van der Waals surface area contributed by atoms with E-state index in [9.17, 15) is 13.2 Å². The first-order valence-electron chi connectivity index (χ1n) is 9.95. The Kier molecular flexibility index (Phi) is 9.05. The Morgan fingerprint density at radius 2 is 1.93 bits per heavy atom. The van der Waals surface area contributed by atoms with Crippen LogP contribution in [-0.4, -0.2) is 74.8 Å². The molecule has 2 N–H and O–H groups in total. The minimum absolute atomic E-state index is 0.163. The van der Waals surface area contributed by atoms with Crippen molar-refractivity contribution in [2.45, 2.75) is 32.0 Å². The quantitative estimate of drug-likeness (QED) is 0.401. The number of likely N-dealkylation sites (N-methyl/N-ethyl adjacent to an activating group) is 1. The van der Waals surface area contributed by atoms with Gasteiger partial charge in [-0.1, -0.05) is 30.3 Å². The van der Waals surface area contributed by atoms with Crippen LogP contribution in [-0.2, 0) is 0 Å². The van der Waals surface area contributed by atoms with Gasteiger partial charge >= 0.3 is 6.18 Å². The van der Waals surface area contributed by atoms with Crippen LogP contribution in [0.1, 0.15) is 31.4 Å². The maximum atomic E-state index is 12.3. The van der Waals surface area contributed by atoms with Gasteiger partial charge in [0.25, 0.3) is 0 Å². The number of nitrogens with zero attached hydrogens (tertiary/aromatic N) is 3. The second-order valence-corrected chi connectivity index (χ2v) is 7.13. The average Bonchev–Trinajstić information content (AvgIpc) is 2.65. The largest absolute Gasteiger partial charge is 0.390 e. The number of guanidine groups is 1. The Labute approximate surface area is 166 Å². The fourth-order valence-corrected chi connectivity index (χ4v) is 3.35. The molecule has 5 nitrogen and oxygen atoms in total. The average molecular weight is 400 g/mol. The number of alkyl halides is 3. The molecule has 1 aliphatic heterocycles. The van der Waals surface area contributed by atoms with Gasteiger partial charge in [0.15, 0.2) is 5.96 Å². The highest BCUT2D eigenvalue weighted by Crippen LogP contribution is 2.24. The summed E-state index contributed by atoms with van der Waals surface area (Å²) in [4.78, 5) is 9.25. The van der Waals surface area contributed by atoms with Crippen molar-refractivity contribution >= 4 is 5.96 Å². The number of halogens is 3. The molecule has 1 unspecified atom stereocenters. The van der Waals surface area contributed by atoms with Gasteiger partial charge in [-0.3, -0.25) is 9.89 Å². The van der Waals surface area contributed by atoms with Gasteiger partial charge in [0.05, 0.1) is 6.42 Å². The van der Waals surface area contributed by atoms with Crippen LogP contribution in [0.5, 0.6) is 0 Å². The van der Waals surface area contributed by atoms with E-state index in [0.29, 0.717) is 25.1 Å². The first-order valence-corrected chi connectivity index (χ1v) is 9.95. The summed E-state index contributed by atoms with van der Waals surface area (Å²) < 4.78 is 36.9. The topological polar surface area (TPSA) is 42.9 Å². The molecule has 0 radical (unpaired) electrons. The lowest BCUT2D eigenvalue weighted by atomic mass is 10.0. The lowest BCUT2D eigenvalue weighted by Gasteiger charge is -2.40. The van der Waals surface area contributed by atoms with Gasteiger partial charge in [0.2, 0.25) is 0 Å². The Hall–Kier alpha value is -1.80. The van der Waals surface area contributed by atoms with Gasteiger partial charge in [-0.2, -0.15) is 13.2 Å². The first-order chi connectivity index (χ1) is 13.4. The van der Waals surface area contributed by atoms with Gasteiger partial charge in [-0.15, -0.1) is 0 Å². The standard InChI is InChI=1S/C20H32F3N5/c1-3-24-19(26-12-10-20(21,22)23)25-11-7-13-28-15-14-27(2)16-18(28)17-8-5-4-6-9-17/h4-6,8-9,18H,3,7,10-16H2,1-2H3,(H2,24,25,26). The van der Waals surface area contributed by atoms with Gasteiger partial charge < -0.3 is 15.5 Å². The fraction of sp³-hybridized carbons (Fsp3) is 0.650. The van der Waals surface area contributed by atoms with E-state index in [2.05, 4.69) is 56.7 Å². The Bertz CT molecular complexity index is 591. The third kappa shape index (κ3) is 8.06. The first kappa shape index (κ1) is 22.5. The zero-order chi connectivity index (χ0) is 20.4. The summed E-state index contributed by atoms with van der Waals surface area (Å²) in [7, 11) is 2.15. The van der Waals surface area contributed by atoms with E-state index in [0.717, 1.165) is 32.6 Å². The summed E-state index contributed by atoms with van der Waals surface area (Å²) in [6.07, 6.45) is -4.15. The van der Waals surface area contributed by atoms with E-state index in [1.54, 1.807) is 0 Å². The molecule has 0 saturated carbocycles. The van der Waals surface area contributed by atoms with Crippen LogP contribution in [0.2, 0.25) is 0 Å². The zero-order valence-corrected chi connectivity index (χ0v) is 16.8. The molecule has 1 saturated heterocycles. The lowest BCUT2D eigenvalue weighted by Crippen LogP contribution is -2.47. The number of aliphatic imine (C=N–C) groups is 1. The van der Waals surface area contributed by atoms with Crippen LogP contribution in [0.25, 0.3) is 0 Å². The third-order valence-electron chi connectivity index (χ3n) is 4.80. The molecule has 1 aromatic carbocycles. The second kappa shape index (κ2) is 11.3. The molecule has 158 valence electrons. The van der Waals surface area contributed by atoms with Crippen LogP contribution in [0.4, 0.5) is 13.2 Å². The Morgan fingerprint density at radius 3 is 2.61 bits per heavy atom. The summed E-state index contributed by atoms with van der Waals surface area (Å²) in [5.74, 6) is 0.449. The normalized spacial score (nSPS) is 19.6. The molecule has 0 aliphatic carbocycles. The second-order valence-electron chi connectivity index (χ2n) is 7.13. The van der Waals surface area contributed by atoms with Gasteiger partial charge in [-0.25, -0.2) is 0 Å². The van der Waals surface area contributed by atoms with Crippen molar-refractivity contribution in [2.75, 3.05) is 52.9 Å². The molecule has 2 rings (SSSR count). The summed E-state index contributed by atoms with van der Waals surface area (Å²) in [5, 5.41) is 5.75. The van der Waals surface area contributed by atoms with Crippen molar-refractivity contribution in [1.82, 2.24) is 20.4 Å². The van der Waals surface area contributed by atoms with Crippen molar-refractivity contribution in [3.63, 3.8) is 0 Å². The minimum atomic E-state index is -4.15. The van der Waals surface area contributed by atoms with E-state index in [1.165, 1.54) is 5.56 Å². The third-order valence-corrected chi connectivity index (χ3v) is 4.80. The molecule has 1 atom stereocenters. The number of hydrogen-bond donors (Lipinski definition) is 2. The van der Waals surface area contributed by atoms with Crippen molar-refractivity contribution in [2.24, 2.45) is 4.99 Å². The van der Waals surface area contributed by atoms with Crippen molar-refractivity contribution in [3.05, 3.63) is 35.9 Å². The maximum absolute atomic E-state index is 12.3. The summed E-state index contributed by atoms with van der Waals surface area (Å²) >= 11 is 0. The smallest absolute Gasteiger partial charge is 0.357 e. The number of hydrogen-bond acceptors (Lipinski definition) is 3. The minimum Gasteiger partial charge on any atom is -0.357 e. The highest BCUT2D eigenvalue weighted by molar-refractivity contribution is 5.79. The summed E-state index contributed by atoms with van der Waals surface area (Å²) in [6, 6.07) is 10.9. The van der Waals surface area contributed by atoms with Crippen molar-refractivity contribution in [3.8, 4) is 0 Å². The number of rotatable bonds is 8. The molecule has 28 heavy (non-hydrogen) atoms. The van der Waals surface area contributed by atoms with E-state index in [1.807, 2.05) is 13.0 Å². The Balaban J connectivity index is 1.84. The molecule has 8 heteroatoms. The monoisotopic (exact) mass is 399 g/mol. The summed E-state index contributed by atoms with van der Waals surface area (Å²) in [6.45, 7) is 6.88. The van der Waals surface area contributed by atoms with Crippen LogP contribution >= 0.6 is 0 Å². The van der Waals surface area contributed by atoms with Gasteiger partial charge in [-0.05, 0) is 26.0 Å². The SMILES string of the molecule is CCNC(=NCCCN1CCN(C)CC1c1ccccc1)NCCC(F)(F)F. The predicted molar refractivity (Wildman–Crippen MR) is 108 cm³/mol. The van der Waals surface area contributed by atoms with E-state index >= 15 is 0 Å². The highest BCUT2D eigenvalue weighted by atomic mass is 19.4. The maximum Gasteiger partial charge on any atom is 0.390 e. The van der Waals surface area contributed by atoms with Gasteiger partial charge in [0.1, 0.15) is 0 Å². The molecule has 1 aliphatic rings. The fourth-order valence-electron chi connectivity index (χ4n) is 3.35. The Morgan fingerprint density at radius 1 is 1.18 bits per heavy atom. The van der Waals surface area contributed by atoms with Crippen LogP contribution in [0, 0.1) is 0 Å². The molecule has 0 aromatic heterocycles. The summed E-state index contributed by atoms with van der Waals surface area (Å²) in [5.41, 5.74) is 1.32. The van der Waals surface area contributed by atoms with Crippen LogP contribution in [0.3, 0.4) is 0 Å². The molecular formula is C20H32F3N5. The number of benzene rings is 1. The highest BCUT2D eigenvalue weighted by Gasteiger charge is 2.27. The van der Waals surface area contributed by atoms with E-state index < -0.39 is 12.6 Å². The van der Waals surface area contributed by atoms with Gasteiger partial charge in [0, 0.05) is 51.9 Å². The van der Waals surface area contributed by atoms with Crippen LogP contribution in [0.15, 0.2) is 35.3 Å². The predicted octanol–water partition coefficient (Wildman–Crippen LogP) is 2.87. The van der Waals surface area contributed by atoms with Crippen LogP contribution < -0.4 is 10.6 Å². The van der Waals surface area contributed by atoms with E-state index in [4.69, 9.17) is 0 Å². The number of piperazine rings is 1. The van der Waals surface area contributed by atoms with E-state index in [-0.39, 0.29) is 6.54 Å². The molecule has 1 aromatic rings. The van der Waals surface area contributed by atoms with Crippen molar-refractivity contribution < 1.29 is 13.2 Å². The molecule has 0 spiro atoms. The molecule has 0 bridgehead atoms. The lowest BCUT2D eigenvalue weighted by molar-refractivity contribution is -0.132. The zero-order valence-electron chi connectivity index (χ0n) is 16.8. The molecule has 1 fully saturated rings. The number of nitrogens with one attached hydrogen (secondary N) is 2.